The normalized spacial score (nSPS) is 9.21. The largest absolute Gasteiger partial charge is 0.298 e. The Morgan fingerprint density at radius 2 is 2.21 bits per heavy atom. The van der Waals surface area contributed by atoms with E-state index in [1.807, 2.05) is 6.07 Å². The van der Waals surface area contributed by atoms with Gasteiger partial charge in [0.25, 0.3) is 0 Å². The van der Waals surface area contributed by atoms with Gasteiger partial charge in [0.05, 0.1) is 22.2 Å². The molecular formula is C10H6ClNO2. The van der Waals surface area contributed by atoms with E-state index in [1.165, 1.54) is 19.1 Å². The zero-order valence-electron chi connectivity index (χ0n) is 7.37. The molecule has 0 aromatic heterocycles. The van der Waals surface area contributed by atoms with Crippen molar-refractivity contribution in [3.63, 3.8) is 0 Å². The number of ketones is 1. The summed E-state index contributed by atoms with van der Waals surface area (Å²) in [5.74, 6) is -0.194. The average molecular weight is 208 g/mol. The number of nitrogens with zero attached hydrogens (tertiary/aromatic N) is 1. The molecule has 0 radical (unpaired) electrons. The maximum absolute atomic E-state index is 11.0. The molecule has 0 amide bonds. The van der Waals surface area contributed by atoms with E-state index in [0.717, 1.165) is 0 Å². The van der Waals surface area contributed by atoms with Crippen molar-refractivity contribution in [1.29, 1.82) is 5.26 Å². The van der Waals surface area contributed by atoms with E-state index in [9.17, 15) is 9.59 Å². The summed E-state index contributed by atoms with van der Waals surface area (Å²) in [5.41, 5.74) is 0.578. The topological polar surface area (TPSA) is 57.9 Å². The first kappa shape index (κ1) is 10.4. The fraction of sp³-hybridized carbons (Fsp3) is 0.100. The Hall–Kier alpha value is -1.66. The zero-order chi connectivity index (χ0) is 10.7. The highest BCUT2D eigenvalue weighted by atomic mass is 35.5. The number of Topliss-reactive ketones (excluding diaryl/α,β-unsaturated/α-hetero) is 1. The third kappa shape index (κ3) is 1.81. The van der Waals surface area contributed by atoms with Crippen LogP contribution >= 0.6 is 11.6 Å². The van der Waals surface area contributed by atoms with Crippen LogP contribution in [0.4, 0.5) is 0 Å². The number of benzene rings is 1. The van der Waals surface area contributed by atoms with E-state index < -0.39 is 0 Å². The fourth-order valence-corrected chi connectivity index (χ4v) is 1.30. The molecule has 0 aliphatic rings. The van der Waals surface area contributed by atoms with Gasteiger partial charge in [-0.15, -0.1) is 0 Å². The minimum Gasteiger partial charge on any atom is -0.298 e. The standard InChI is InChI=1S/C10H6ClNO2/c1-6(14)7-2-8(4-12)9(5-13)10(11)3-7/h2-3,5H,1H3. The summed E-state index contributed by atoms with van der Waals surface area (Å²) in [6.45, 7) is 1.37. The molecule has 0 saturated carbocycles. The van der Waals surface area contributed by atoms with Gasteiger partial charge in [-0.05, 0) is 19.1 Å². The average Bonchev–Trinajstić information content (AvgIpc) is 2.16. The predicted octanol–water partition coefficient (Wildman–Crippen LogP) is 2.23. The summed E-state index contributed by atoms with van der Waals surface area (Å²) in [4.78, 5) is 21.6. The van der Waals surface area contributed by atoms with Gasteiger partial charge in [-0.1, -0.05) is 11.6 Å². The number of rotatable bonds is 2. The number of aldehydes is 1. The molecule has 0 fully saturated rings. The van der Waals surface area contributed by atoms with Gasteiger partial charge in [-0.2, -0.15) is 5.26 Å². The summed E-state index contributed by atoms with van der Waals surface area (Å²) in [7, 11) is 0. The first-order valence-electron chi connectivity index (χ1n) is 3.80. The van der Waals surface area contributed by atoms with E-state index in [4.69, 9.17) is 16.9 Å². The number of carbonyl (C=O) groups is 2. The van der Waals surface area contributed by atoms with Crippen LogP contribution in [-0.2, 0) is 0 Å². The molecule has 0 saturated heterocycles. The Bertz CT molecular complexity index is 446. The van der Waals surface area contributed by atoms with Crippen molar-refractivity contribution in [3.8, 4) is 6.07 Å². The smallest absolute Gasteiger partial charge is 0.159 e. The number of hydrogen-bond acceptors (Lipinski definition) is 3. The number of halogens is 1. The molecule has 0 N–H and O–H groups in total. The molecule has 14 heavy (non-hydrogen) atoms. The van der Waals surface area contributed by atoms with Crippen LogP contribution in [0, 0.1) is 11.3 Å². The van der Waals surface area contributed by atoms with Crippen molar-refractivity contribution in [2.45, 2.75) is 6.92 Å². The Labute approximate surface area is 85.9 Å². The van der Waals surface area contributed by atoms with Crippen molar-refractivity contribution in [3.05, 3.63) is 33.8 Å². The van der Waals surface area contributed by atoms with Crippen molar-refractivity contribution in [1.82, 2.24) is 0 Å². The molecule has 3 nitrogen and oxygen atoms in total. The summed E-state index contributed by atoms with van der Waals surface area (Å²) >= 11 is 5.72. The Morgan fingerprint density at radius 1 is 1.57 bits per heavy atom. The molecule has 0 heterocycles. The lowest BCUT2D eigenvalue weighted by molar-refractivity contribution is 0.101. The van der Waals surface area contributed by atoms with Crippen LogP contribution in [0.1, 0.15) is 33.2 Å². The molecule has 0 bridgehead atoms. The van der Waals surface area contributed by atoms with Gasteiger partial charge >= 0.3 is 0 Å². The Balaban J connectivity index is 3.48. The maximum atomic E-state index is 11.0. The SMILES string of the molecule is CC(=O)c1cc(Cl)c(C=O)c(C#N)c1. The van der Waals surface area contributed by atoms with Crippen molar-refractivity contribution < 1.29 is 9.59 Å². The second kappa shape index (κ2) is 4.03. The van der Waals surface area contributed by atoms with Gasteiger partial charge in [-0.25, -0.2) is 0 Å². The minimum absolute atomic E-state index is 0.123. The van der Waals surface area contributed by atoms with Crippen molar-refractivity contribution in [2.24, 2.45) is 0 Å². The van der Waals surface area contributed by atoms with Crippen LogP contribution in [0.3, 0.4) is 0 Å². The molecular weight excluding hydrogens is 202 g/mol. The van der Waals surface area contributed by atoms with Gasteiger partial charge in [0, 0.05) is 5.56 Å². The lowest BCUT2D eigenvalue weighted by atomic mass is 10.0. The van der Waals surface area contributed by atoms with Crippen LogP contribution in [0.15, 0.2) is 12.1 Å². The summed E-state index contributed by atoms with van der Waals surface area (Å²) in [5, 5.41) is 8.83. The highest BCUT2D eigenvalue weighted by Gasteiger charge is 2.10. The molecule has 1 aromatic rings. The van der Waals surface area contributed by atoms with E-state index in [0.29, 0.717) is 11.8 Å². The second-order valence-corrected chi connectivity index (χ2v) is 3.11. The molecule has 0 aliphatic carbocycles. The number of nitriles is 1. The second-order valence-electron chi connectivity index (χ2n) is 2.71. The van der Waals surface area contributed by atoms with Gasteiger partial charge < -0.3 is 0 Å². The molecule has 4 heteroatoms. The molecule has 0 atom stereocenters. The number of hydrogen-bond donors (Lipinski definition) is 0. The minimum atomic E-state index is -0.194. The molecule has 0 spiro atoms. The van der Waals surface area contributed by atoms with Gasteiger partial charge in [0.15, 0.2) is 12.1 Å². The molecule has 0 unspecified atom stereocenters. The zero-order valence-corrected chi connectivity index (χ0v) is 8.13. The summed E-state index contributed by atoms with van der Waals surface area (Å²) in [6.07, 6.45) is 0.505. The van der Waals surface area contributed by atoms with E-state index in [2.05, 4.69) is 0 Å². The first-order chi connectivity index (χ1) is 6.60. The predicted molar refractivity (Wildman–Crippen MR) is 51.6 cm³/mol. The van der Waals surface area contributed by atoms with E-state index in [1.54, 1.807) is 0 Å². The monoisotopic (exact) mass is 207 g/mol. The van der Waals surface area contributed by atoms with Gasteiger partial charge in [0.2, 0.25) is 0 Å². The Morgan fingerprint density at radius 3 is 2.64 bits per heavy atom. The lowest BCUT2D eigenvalue weighted by Crippen LogP contribution is -1.97. The fourth-order valence-electron chi connectivity index (χ4n) is 1.03. The van der Waals surface area contributed by atoms with Gasteiger partial charge in [0.1, 0.15) is 0 Å². The van der Waals surface area contributed by atoms with Crippen LogP contribution in [0.2, 0.25) is 5.02 Å². The van der Waals surface area contributed by atoms with Crippen LogP contribution in [-0.4, -0.2) is 12.1 Å². The molecule has 70 valence electrons. The highest BCUT2D eigenvalue weighted by molar-refractivity contribution is 6.33. The maximum Gasteiger partial charge on any atom is 0.159 e. The van der Waals surface area contributed by atoms with E-state index in [-0.39, 0.29) is 21.9 Å². The van der Waals surface area contributed by atoms with Crippen molar-refractivity contribution in [2.75, 3.05) is 0 Å². The molecule has 0 aliphatic heterocycles. The third-order valence-corrected chi connectivity index (χ3v) is 2.09. The van der Waals surface area contributed by atoms with Crippen molar-refractivity contribution >= 4 is 23.7 Å². The highest BCUT2D eigenvalue weighted by Crippen LogP contribution is 2.20. The van der Waals surface area contributed by atoms with E-state index >= 15 is 0 Å². The van der Waals surface area contributed by atoms with Crippen LogP contribution in [0.5, 0.6) is 0 Å². The van der Waals surface area contributed by atoms with Crippen LogP contribution in [0.25, 0.3) is 0 Å². The number of carbonyl (C=O) groups excluding carboxylic acids is 2. The van der Waals surface area contributed by atoms with Crippen LogP contribution < -0.4 is 0 Å². The van der Waals surface area contributed by atoms with Gasteiger partial charge in [-0.3, -0.25) is 9.59 Å². The lowest BCUT2D eigenvalue weighted by Gasteiger charge is -2.01. The quantitative estimate of drug-likeness (QED) is 0.552. The molecule has 1 aromatic carbocycles. The first-order valence-corrected chi connectivity index (χ1v) is 4.17. The third-order valence-electron chi connectivity index (χ3n) is 1.77. The summed E-state index contributed by atoms with van der Waals surface area (Å²) < 4.78 is 0. The summed E-state index contributed by atoms with van der Waals surface area (Å²) in [6, 6.07) is 4.56. The molecule has 1 rings (SSSR count). The Kier molecular flexibility index (Phi) is 3.00.